The van der Waals surface area contributed by atoms with Gasteiger partial charge in [0, 0.05) is 12.0 Å². The summed E-state index contributed by atoms with van der Waals surface area (Å²) in [7, 11) is 0. The summed E-state index contributed by atoms with van der Waals surface area (Å²) in [5.74, 6) is 0.325. The molecule has 3 nitrogen and oxygen atoms in total. The predicted molar refractivity (Wildman–Crippen MR) is 67.5 cm³/mol. The Morgan fingerprint density at radius 3 is 2.50 bits per heavy atom. The lowest BCUT2D eigenvalue weighted by Gasteiger charge is -2.04. The van der Waals surface area contributed by atoms with Crippen LogP contribution in [0.4, 0.5) is 0 Å². The minimum atomic E-state index is -0.204. The Morgan fingerprint density at radius 1 is 1.38 bits per heavy atom. The first-order chi connectivity index (χ1) is 7.63. The summed E-state index contributed by atoms with van der Waals surface area (Å²) in [6.45, 7) is 2.03. The summed E-state index contributed by atoms with van der Waals surface area (Å²) in [5, 5.41) is 0. The van der Waals surface area contributed by atoms with Gasteiger partial charge in [-0.3, -0.25) is 4.79 Å². The van der Waals surface area contributed by atoms with Gasteiger partial charge in [-0.15, -0.1) is 0 Å². The normalized spacial score (nSPS) is 9.81. The number of carbonyl (C=O) groups excluding carboxylic acids is 1. The standard InChI is InChI=1S/C12H15NO2S/c1-2-3-4-11(14)15-10-7-5-9(6-8-10)12(13)16/h5-8H,2-4H2,1H3,(H2,13,16). The minimum Gasteiger partial charge on any atom is -0.427 e. The van der Waals surface area contributed by atoms with Crippen molar-refractivity contribution in [2.75, 3.05) is 0 Å². The molecule has 0 saturated heterocycles. The van der Waals surface area contributed by atoms with Gasteiger partial charge in [-0.25, -0.2) is 0 Å². The molecule has 1 aromatic rings. The highest BCUT2D eigenvalue weighted by atomic mass is 32.1. The first-order valence-electron chi connectivity index (χ1n) is 5.24. The monoisotopic (exact) mass is 237 g/mol. The Kier molecular flexibility index (Phi) is 4.92. The molecule has 86 valence electrons. The Bertz CT molecular complexity index is 373. The smallest absolute Gasteiger partial charge is 0.311 e. The molecule has 0 saturated carbocycles. The third-order valence-electron chi connectivity index (χ3n) is 2.10. The van der Waals surface area contributed by atoms with Crippen LogP contribution in [0, 0.1) is 0 Å². The van der Waals surface area contributed by atoms with Crippen molar-refractivity contribution in [2.45, 2.75) is 26.2 Å². The summed E-state index contributed by atoms with van der Waals surface area (Å²) in [5.41, 5.74) is 6.22. The fraction of sp³-hybridized carbons (Fsp3) is 0.333. The van der Waals surface area contributed by atoms with Crippen LogP contribution >= 0.6 is 12.2 Å². The molecule has 0 aliphatic heterocycles. The number of rotatable bonds is 5. The Balaban J connectivity index is 2.55. The molecule has 0 heterocycles. The van der Waals surface area contributed by atoms with Crippen LogP contribution in [0.1, 0.15) is 31.7 Å². The van der Waals surface area contributed by atoms with Crippen LogP contribution < -0.4 is 10.5 Å². The molecule has 2 N–H and O–H groups in total. The van der Waals surface area contributed by atoms with E-state index in [2.05, 4.69) is 0 Å². The van der Waals surface area contributed by atoms with Crippen molar-refractivity contribution in [1.29, 1.82) is 0 Å². The van der Waals surface area contributed by atoms with Crippen molar-refractivity contribution in [3.05, 3.63) is 29.8 Å². The van der Waals surface area contributed by atoms with Crippen LogP contribution in [-0.2, 0) is 4.79 Å². The SMILES string of the molecule is CCCCC(=O)Oc1ccc(C(N)=S)cc1. The Labute approximate surface area is 101 Å². The number of hydrogen-bond acceptors (Lipinski definition) is 3. The average Bonchev–Trinajstić information content (AvgIpc) is 2.27. The summed E-state index contributed by atoms with van der Waals surface area (Å²) < 4.78 is 5.13. The van der Waals surface area contributed by atoms with E-state index in [-0.39, 0.29) is 5.97 Å². The van der Waals surface area contributed by atoms with E-state index in [1.807, 2.05) is 6.92 Å². The van der Waals surface area contributed by atoms with Gasteiger partial charge in [0.15, 0.2) is 0 Å². The lowest BCUT2D eigenvalue weighted by Crippen LogP contribution is -2.10. The summed E-state index contributed by atoms with van der Waals surface area (Å²) >= 11 is 4.82. The summed E-state index contributed by atoms with van der Waals surface area (Å²) in [4.78, 5) is 11.7. The highest BCUT2D eigenvalue weighted by Gasteiger charge is 2.04. The van der Waals surface area contributed by atoms with Crippen molar-refractivity contribution < 1.29 is 9.53 Å². The van der Waals surface area contributed by atoms with Crippen molar-refractivity contribution in [3.8, 4) is 5.75 Å². The predicted octanol–water partition coefficient (Wildman–Crippen LogP) is 2.42. The molecule has 1 aromatic carbocycles. The summed E-state index contributed by atoms with van der Waals surface area (Å²) in [6, 6.07) is 6.87. The Hall–Kier alpha value is -1.42. The summed E-state index contributed by atoms with van der Waals surface area (Å²) in [6.07, 6.45) is 2.28. The van der Waals surface area contributed by atoms with Gasteiger partial charge in [0.1, 0.15) is 10.7 Å². The van der Waals surface area contributed by atoms with E-state index in [1.54, 1.807) is 24.3 Å². The van der Waals surface area contributed by atoms with Gasteiger partial charge < -0.3 is 10.5 Å². The molecule has 16 heavy (non-hydrogen) atoms. The van der Waals surface area contributed by atoms with E-state index in [0.717, 1.165) is 18.4 Å². The van der Waals surface area contributed by atoms with E-state index in [9.17, 15) is 4.79 Å². The topological polar surface area (TPSA) is 52.3 Å². The van der Waals surface area contributed by atoms with Gasteiger partial charge in [-0.2, -0.15) is 0 Å². The molecular formula is C12H15NO2S. The second kappa shape index (κ2) is 6.23. The van der Waals surface area contributed by atoms with Crippen molar-refractivity contribution >= 4 is 23.2 Å². The van der Waals surface area contributed by atoms with Gasteiger partial charge in [0.05, 0.1) is 0 Å². The molecule has 0 unspecified atom stereocenters. The van der Waals surface area contributed by atoms with Crippen LogP contribution in [0.5, 0.6) is 5.75 Å². The van der Waals surface area contributed by atoms with Crippen LogP contribution in [0.3, 0.4) is 0 Å². The zero-order chi connectivity index (χ0) is 12.0. The third kappa shape index (κ3) is 3.98. The number of unbranched alkanes of at least 4 members (excludes halogenated alkanes) is 1. The second-order valence-electron chi connectivity index (χ2n) is 3.47. The molecule has 0 atom stereocenters. The van der Waals surface area contributed by atoms with E-state index in [4.69, 9.17) is 22.7 Å². The first kappa shape index (κ1) is 12.6. The maximum atomic E-state index is 11.3. The zero-order valence-corrected chi connectivity index (χ0v) is 10.0. The number of benzene rings is 1. The molecule has 1 rings (SSSR count). The van der Waals surface area contributed by atoms with E-state index in [0.29, 0.717) is 17.2 Å². The van der Waals surface area contributed by atoms with Crippen LogP contribution in [0.2, 0.25) is 0 Å². The number of thiocarbonyl (C=S) groups is 1. The maximum Gasteiger partial charge on any atom is 0.311 e. The molecule has 0 aromatic heterocycles. The molecule has 0 aliphatic rings. The van der Waals surface area contributed by atoms with Gasteiger partial charge in [-0.05, 0) is 30.7 Å². The molecule has 0 bridgehead atoms. The van der Waals surface area contributed by atoms with Gasteiger partial charge in [0.2, 0.25) is 0 Å². The number of esters is 1. The molecule has 0 amide bonds. The van der Waals surface area contributed by atoms with Crippen molar-refractivity contribution in [1.82, 2.24) is 0 Å². The van der Waals surface area contributed by atoms with Crippen LogP contribution in [0.25, 0.3) is 0 Å². The Morgan fingerprint density at radius 2 is 2.00 bits per heavy atom. The number of ether oxygens (including phenoxy) is 1. The van der Waals surface area contributed by atoms with E-state index < -0.39 is 0 Å². The molecule has 4 heteroatoms. The second-order valence-corrected chi connectivity index (χ2v) is 3.91. The maximum absolute atomic E-state index is 11.3. The first-order valence-corrected chi connectivity index (χ1v) is 5.65. The number of hydrogen-bond donors (Lipinski definition) is 1. The lowest BCUT2D eigenvalue weighted by molar-refractivity contribution is -0.134. The van der Waals surface area contributed by atoms with E-state index >= 15 is 0 Å². The fourth-order valence-corrected chi connectivity index (χ4v) is 1.33. The molecular weight excluding hydrogens is 222 g/mol. The van der Waals surface area contributed by atoms with Gasteiger partial charge in [-0.1, -0.05) is 25.6 Å². The molecule has 0 aliphatic carbocycles. The van der Waals surface area contributed by atoms with Gasteiger partial charge >= 0.3 is 5.97 Å². The highest BCUT2D eigenvalue weighted by molar-refractivity contribution is 7.80. The third-order valence-corrected chi connectivity index (χ3v) is 2.34. The number of carbonyl (C=O) groups is 1. The molecule has 0 spiro atoms. The average molecular weight is 237 g/mol. The van der Waals surface area contributed by atoms with Gasteiger partial charge in [0.25, 0.3) is 0 Å². The van der Waals surface area contributed by atoms with Crippen LogP contribution in [-0.4, -0.2) is 11.0 Å². The molecule has 0 radical (unpaired) electrons. The highest BCUT2D eigenvalue weighted by Crippen LogP contribution is 2.13. The zero-order valence-electron chi connectivity index (χ0n) is 9.23. The van der Waals surface area contributed by atoms with Crippen molar-refractivity contribution in [2.24, 2.45) is 5.73 Å². The quantitative estimate of drug-likeness (QED) is 0.485. The van der Waals surface area contributed by atoms with Crippen LogP contribution in [0.15, 0.2) is 24.3 Å². The van der Waals surface area contributed by atoms with E-state index in [1.165, 1.54) is 0 Å². The largest absolute Gasteiger partial charge is 0.427 e. The number of nitrogens with two attached hydrogens (primary N) is 1. The van der Waals surface area contributed by atoms with Crippen molar-refractivity contribution in [3.63, 3.8) is 0 Å². The fourth-order valence-electron chi connectivity index (χ4n) is 1.19. The minimum absolute atomic E-state index is 0.204. The molecule has 0 fully saturated rings. The lowest BCUT2D eigenvalue weighted by atomic mass is 10.2.